The number of nitrogens with zero attached hydrogens (tertiary/aromatic N) is 2. The van der Waals surface area contributed by atoms with E-state index >= 15 is 0 Å². The summed E-state index contributed by atoms with van der Waals surface area (Å²) in [6.45, 7) is 1.84. The van der Waals surface area contributed by atoms with Crippen LogP contribution in [0, 0.1) is 0 Å². The van der Waals surface area contributed by atoms with Gasteiger partial charge in [-0.1, -0.05) is 18.5 Å². The smallest absolute Gasteiger partial charge is 0.280 e. The van der Waals surface area contributed by atoms with Gasteiger partial charge in [-0.2, -0.15) is 0 Å². The number of benzene rings is 2. The molecule has 1 N–H and O–H groups in total. The molecule has 0 saturated carbocycles. The molecule has 0 saturated heterocycles. The Hall–Kier alpha value is -1.83. The summed E-state index contributed by atoms with van der Waals surface area (Å²) >= 11 is 7.62. The highest BCUT2D eigenvalue weighted by Gasteiger charge is 2.11. The Morgan fingerprint density at radius 2 is 2.08 bits per heavy atom. The van der Waals surface area contributed by atoms with Crippen LogP contribution in [0.2, 0.25) is 5.02 Å². The molecule has 130 valence electrons. The first-order chi connectivity index (χ1) is 12.0. The molecule has 0 aliphatic carbocycles. The topological polar surface area (TPSA) is 64.0 Å². The van der Waals surface area contributed by atoms with E-state index in [-0.39, 0.29) is 5.56 Å². The van der Waals surface area contributed by atoms with Crippen molar-refractivity contribution in [1.82, 2.24) is 9.66 Å². The summed E-state index contributed by atoms with van der Waals surface area (Å²) in [6, 6.07) is 10.6. The lowest BCUT2D eigenvalue weighted by Crippen LogP contribution is -2.27. The van der Waals surface area contributed by atoms with Crippen LogP contribution in [-0.2, 0) is 10.8 Å². The van der Waals surface area contributed by atoms with Crippen molar-refractivity contribution in [2.45, 2.75) is 16.7 Å². The Bertz CT molecular complexity index is 1020. The predicted octanol–water partition coefficient (Wildman–Crippen LogP) is 3.77. The van der Waals surface area contributed by atoms with Gasteiger partial charge >= 0.3 is 0 Å². The van der Waals surface area contributed by atoms with Gasteiger partial charge in [0, 0.05) is 15.7 Å². The second-order valence-electron chi connectivity index (χ2n) is 5.19. The fourth-order valence-electron chi connectivity index (χ4n) is 2.38. The molecule has 5 nitrogen and oxygen atoms in total. The third-order valence-electron chi connectivity index (χ3n) is 3.66. The molecule has 0 radical (unpaired) electrons. The first-order valence-corrected chi connectivity index (χ1v) is 10.5. The first-order valence-electron chi connectivity index (χ1n) is 7.54. The highest BCUT2D eigenvalue weighted by atomic mass is 35.5. The number of fused-ring (bicyclic) bond motifs is 1. The molecule has 2 aromatic carbocycles. The van der Waals surface area contributed by atoms with Crippen LogP contribution in [0.25, 0.3) is 10.9 Å². The number of nitrogens with one attached hydrogen (secondary N) is 1. The van der Waals surface area contributed by atoms with Gasteiger partial charge in [0.25, 0.3) is 5.56 Å². The lowest BCUT2D eigenvalue weighted by Gasteiger charge is -2.14. The van der Waals surface area contributed by atoms with Crippen LogP contribution in [0.1, 0.15) is 6.92 Å². The van der Waals surface area contributed by atoms with Crippen molar-refractivity contribution >= 4 is 50.8 Å². The normalized spacial score (nSPS) is 12.3. The molecule has 0 aliphatic heterocycles. The lowest BCUT2D eigenvalue weighted by molar-refractivity contribution is 0.684. The summed E-state index contributed by atoms with van der Waals surface area (Å²) in [5.74, 6) is 0.471. The minimum atomic E-state index is -1.18. The fourth-order valence-corrected chi connectivity index (χ4v) is 3.87. The summed E-state index contributed by atoms with van der Waals surface area (Å²) in [4.78, 5) is 18.7. The maximum Gasteiger partial charge on any atom is 0.280 e. The Labute approximate surface area is 156 Å². The molecule has 0 spiro atoms. The molecule has 1 atom stereocenters. The number of aromatic nitrogens is 2. The zero-order valence-electron chi connectivity index (χ0n) is 13.7. The predicted molar refractivity (Wildman–Crippen MR) is 105 cm³/mol. The van der Waals surface area contributed by atoms with Gasteiger partial charge < -0.3 is 0 Å². The molecule has 1 unspecified atom stereocenters. The van der Waals surface area contributed by atoms with Crippen LogP contribution in [0.15, 0.2) is 57.3 Å². The molecule has 0 aliphatic rings. The van der Waals surface area contributed by atoms with Gasteiger partial charge in [0.05, 0.1) is 32.3 Å². The Kier molecular flexibility index (Phi) is 5.46. The second kappa shape index (κ2) is 7.59. The van der Waals surface area contributed by atoms with Gasteiger partial charge in [0.1, 0.15) is 6.33 Å². The van der Waals surface area contributed by atoms with Gasteiger partial charge in [-0.25, -0.2) is 9.66 Å². The van der Waals surface area contributed by atoms with Gasteiger partial charge in [-0.3, -0.25) is 14.4 Å². The highest BCUT2D eigenvalue weighted by Crippen LogP contribution is 2.24. The zero-order chi connectivity index (χ0) is 18.0. The van der Waals surface area contributed by atoms with Gasteiger partial charge in [0.15, 0.2) is 0 Å². The van der Waals surface area contributed by atoms with Crippen LogP contribution < -0.4 is 11.0 Å². The van der Waals surface area contributed by atoms with E-state index in [9.17, 15) is 9.00 Å². The van der Waals surface area contributed by atoms with E-state index in [4.69, 9.17) is 11.6 Å². The van der Waals surface area contributed by atoms with Crippen LogP contribution in [0.3, 0.4) is 0 Å². The molecule has 3 rings (SSSR count). The van der Waals surface area contributed by atoms with Crippen molar-refractivity contribution in [3.8, 4) is 0 Å². The highest BCUT2D eigenvalue weighted by molar-refractivity contribution is 7.98. The van der Waals surface area contributed by atoms with Gasteiger partial charge in [0.2, 0.25) is 0 Å². The number of hydrogen-bond donors (Lipinski definition) is 1. The van der Waals surface area contributed by atoms with E-state index in [2.05, 4.69) is 10.4 Å². The summed E-state index contributed by atoms with van der Waals surface area (Å²) < 4.78 is 13.5. The molecule has 8 heteroatoms. The Balaban J connectivity index is 2.10. The molecule has 1 heterocycles. The van der Waals surface area contributed by atoms with Crippen LogP contribution >= 0.6 is 23.4 Å². The molecular formula is C17H16ClN3O2S2. The lowest BCUT2D eigenvalue weighted by atomic mass is 10.2. The maximum absolute atomic E-state index is 12.8. The third kappa shape index (κ3) is 3.73. The van der Waals surface area contributed by atoms with Crippen molar-refractivity contribution in [2.24, 2.45) is 0 Å². The maximum atomic E-state index is 12.8. The summed E-state index contributed by atoms with van der Waals surface area (Å²) in [5.41, 5.74) is 3.91. The van der Waals surface area contributed by atoms with E-state index in [0.29, 0.717) is 32.3 Å². The zero-order valence-corrected chi connectivity index (χ0v) is 16.0. The molecule has 3 aromatic rings. The van der Waals surface area contributed by atoms with Crippen LogP contribution in [-0.4, -0.2) is 25.9 Å². The largest absolute Gasteiger partial charge is 0.289 e. The summed E-state index contributed by atoms with van der Waals surface area (Å²) in [5, 5.41) is 1.01. The number of halogens is 1. The number of anilines is 1. The Morgan fingerprint density at radius 3 is 2.80 bits per heavy atom. The third-order valence-corrected chi connectivity index (χ3v) is 5.99. The van der Waals surface area contributed by atoms with Crippen LogP contribution in [0.4, 0.5) is 5.69 Å². The summed E-state index contributed by atoms with van der Waals surface area (Å²) in [7, 11) is -1.18. The Morgan fingerprint density at radius 1 is 1.28 bits per heavy atom. The first kappa shape index (κ1) is 18.0. The molecule has 25 heavy (non-hydrogen) atoms. The SMILES string of the molecule is CCS(=O)c1ccc(Cl)cc1Nn1cnc2ccc(SC)cc2c1=O. The number of thioether (sulfide) groups is 1. The average molecular weight is 394 g/mol. The molecule has 0 fully saturated rings. The minimum Gasteiger partial charge on any atom is -0.289 e. The molecule has 0 amide bonds. The van der Waals surface area contributed by atoms with Crippen molar-refractivity contribution in [2.75, 3.05) is 17.4 Å². The monoisotopic (exact) mass is 393 g/mol. The van der Waals surface area contributed by atoms with Crippen molar-refractivity contribution in [3.05, 3.63) is 58.1 Å². The van der Waals surface area contributed by atoms with Crippen molar-refractivity contribution < 1.29 is 4.21 Å². The molecule has 1 aromatic heterocycles. The van der Waals surface area contributed by atoms with E-state index in [1.807, 2.05) is 31.4 Å². The molecule has 0 bridgehead atoms. The van der Waals surface area contributed by atoms with Gasteiger partial charge in [-0.05, 0) is 42.7 Å². The fraction of sp³-hybridized carbons (Fsp3) is 0.176. The quantitative estimate of drug-likeness (QED) is 0.668. The van der Waals surface area contributed by atoms with E-state index in [0.717, 1.165) is 4.90 Å². The number of hydrogen-bond acceptors (Lipinski definition) is 5. The van der Waals surface area contributed by atoms with E-state index in [1.54, 1.807) is 30.0 Å². The second-order valence-corrected chi connectivity index (χ2v) is 8.21. The summed E-state index contributed by atoms with van der Waals surface area (Å²) in [6.07, 6.45) is 3.37. The van der Waals surface area contributed by atoms with Gasteiger partial charge in [-0.15, -0.1) is 11.8 Å². The van der Waals surface area contributed by atoms with Crippen molar-refractivity contribution in [3.63, 3.8) is 0 Å². The van der Waals surface area contributed by atoms with E-state index < -0.39 is 10.8 Å². The van der Waals surface area contributed by atoms with Crippen LogP contribution in [0.5, 0.6) is 0 Å². The van der Waals surface area contributed by atoms with E-state index in [1.165, 1.54) is 11.0 Å². The minimum absolute atomic E-state index is 0.228. The number of rotatable bonds is 5. The van der Waals surface area contributed by atoms with Crippen molar-refractivity contribution in [1.29, 1.82) is 0 Å². The standard InChI is InChI=1S/C17H16ClN3O2S2/c1-3-25(23)16-7-4-11(18)8-15(16)20-21-10-19-14-6-5-12(24-2)9-13(14)17(21)22/h4-10,20H,3H2,1-2H3. The molecular weight excluding hydrogens is 378 g/mol. The average Bonchev–Trinajstić information content (AvgIpc) is 2.63.